The van der Waals surface area contributed by atoms with Crippen LogP contribution in [-0.4, -0.2) is 58.2 Å². The zero-order valence-electron chi connectivity index (χ0n) is 21.0. The van der Waals surface area contributed by atoms with E-state index in [4.69, 9.17) is 14.2 Å². The van der Waals surface area contributed by atoms with Crippen LogP contribution in [0, 0.1) is 12.7 Å². The number of fused-ring (bicyclic) bond motifs is 1. The second-order valence-electron chi connectivity index (χ2n) is 9.36. The lowest BCUT2D eigenvalue weighted by Gasteiger charge is -2.19. The average molecular weight is 524 g/mol. The lowest BCUT2D eigenvalue weighted by Crippen LogP contribution is -2.32. The second-order valence-corrected chi connectivity index (χ2v) is 10.7. The molecule has 37 heavy (non-hydrogen) atoms. The number of aliphatic hydroxyl groups excluding tert-OH is 1. The van der Waals surface area contributed by atoms with Gasteiger partial charge in [0.2, 0.25) is 0 Å². The van der Waals surface area contributed by atoms with Crippen molar-refractivity contribution in [2.24, 2.45) is 0 Å². The van der Waals surface area contributed by atoms with Gasteiger partial charge in [0, 0.05) is 40.0 Å². The Hall–Kier alpha value is -2.91. The van der Waals surface area contributed by atoms with Gasteiger partial charge in [-0.25, -0.2) is 9.37 Å². The lowest BCUT2D eigenvalue weighted by molar-refractivity contribution is -0.0121. The van der Waals surface area contributed by atoms with Crippen molar-refractivity contribution in [3.05, 3.63) is 77.4 Å². The summed E-state index contributed by atoms with van der Waals surface area (Å²) in [7, 11) is -1.02. The molecule has 0 amide bonds. The molecule has 5 atom stereocenters. The van der Waals surface area contributed by atoms with E-state index in [1.807, 2.05) is 68.5 Å². The molecule has 3 aromatic rings. The number of pyridine rings is 1. The fourth-order valence-corrected chi connectivity index (χ4v) is 5.23. The van der Waals surface area contributed by atoms with Gasteiger partial charge in [0.05, 0.1) is 24.7 Å². The highest BCUT2D eigenvalue weighted by molar-refractivity contribution is 7.84. The normalized spacial score (nSPS) is 24.2. The van der Waals surface area contributed by atoms with E-state index in [1.54, 1.807) is 6.26 Å². The van der Waals surface area contributed by atoms with Gasteiger partial charge in [-0.05, 0) is 41.8 Å². The Morgan fingerprint density at radius 1 is 1.08 bits per heavy atom. The first-order valence-corrected chi connectivity index (χ1v) is 13.9. The Balaban J connectivity index is 1.38. The fraction of sp³-hybridized carbons (Fsp3) is 0.345. The summed E-state index contributed by atoms with van der Waals surface area (Å²) in [5.41, 5.74) is 4.23. The van der Waals surface area contributed by atoms with Gasteiger partial charge in [-0.3, -0.25) is 4.21 Å². The number of aliphatic hydroxyl groups is 1. The number of ether oxygens (including phenoxy) is 3. The van der Waals surface area contributed by atoms with Crippen molar-refractivity contribution in [2.75, 3.05) is 19.5 Å². The van der Waals surface area contributed by atoms with Crippen LogP contribution in [0.2, 0.25) is 0 Å². The topological polar surface area (TPSA) is 77.9 Å². The summed E-state index contributed by atoms with van der Waals surface area (Å²) < 4.78 is 44.2. The smallest absolute Gasteiger partial charge is 0.150 e. The number of aryl methyl sites for hydroxylation is 1. The molecule has 2 saturated heterocycles. The first-order valence-electron chi connectivity index (χ1n) is 12.3. The minimum Gasteiger partial charge on any atom is -0.489 e. The van der Waals surface area contributed by atoms with Crippen molar-refractivity contribution in [3.8, 4) is 22.4 Å². The minimum absolute atomic E-state index is 0.242. The molecular formula is C29H30FNO5S. The van der Waals surface area contributed by atoms with E-state index in [2.05, 4.69) is 4.98 Å². The Kier molecular flexibility index (Phi) is 7.53. The monoisotopic (exact) mass is 523 g/mol. The molecule has 1 aromatic heterocycles. The molecule has 0 saturated carbocycles. The fourth-order valence-electron chi connectivity index (χ4n) is 4.71. The van der Waals surface area contributed by atoms with Gasteiger partial charge in [-0.2, -0.15) is 0 Å². The number of rotatable bonds is 7. The van der Waals surface area contributed by atoms with Gasteiger partial charge in [-0.1, -0.05) is 43.3 Å². The van der Waals surface area contributed by atoms with Crippen LogP contribution >= 0.6 is 0 Å². The van der Waals surface area contributed by atoms with Gasteiger partial charge in [0.25, 0.3) is 0 Å². The predicted octanol–water partition coefficient (Wildman–Crippen LogP) is 4.90. The molecule has 2 aliphatic heterocycles. The molecule has 8 heteroatoms. The number of aromatic nitrogens is 1. The maximum absolute atomic E-state index is 15.0. The number of hydrogen-bond donors (Lipinski definition) is 1. The summed E-state index contributed by atoms with van der Waals surface area (Å²) in [6.07, 6.45) is 2.49. The van der Waals surface area contributed by atoms with E-state index in [0.29, 0.717) is 35.6 Å². The Labute approximate surface area is 218 Å². The molecule has 1 N–H and O–H groups in total. The summed E-state index contributed by atoms with van der Waals surface area (Å²) in [6.45, 7) is 4.38. The van der Waals surface area contributed by atoms with E-state index in [0.717, 1.165) is 16.0 Å². The quantitative estimate of drug-likeness (QED) is 0.444. The third-order valence-electron chi connectivity index (χ3n) is 6.81. The Bertz CT molecular complexity index is 1330. The van der Waals surface area contributed by atoms with Gasteiger partial charge in [0.15, 0.2) is 6.10 Å². The zero-order chi connectivity index (χ0) is 26.1. The third-order valence-corrected chi connectivity index (χ3v) is 7.75. The highest BCUT2D eigenvalue weighted by atomic mass is 32.2. The van der Waals surface area contributed by atoms with Crippen LogP contribution in [-0.2, 0) is 25.0 Å². The van der Waals surface area contributed by atoms with Crippen molar-refractivity contribution < 1.29 is 27.9 Å². The summed E-state index contributed by atoms with van der Waals surface area (Å²) in [5, 5.41) is 9.98. The maximum Gasteiger partial charge on any atom is 0.150 e. The Morgan fingerprint density at radius 2 is 1.70 bits per heavy atom. The van der Waals surface area contributed by atoms with Crippen LogP contribution in [0.5, 0.6) is 0 Å². The molecule has 0 bridgehead atoms. The van der Waals surface area contributed by atoms with Gasteiger partial charge < -0.3 is 19.3 Å². The standard InChI is InChI=1S/C29H30FNO5S/c1-4-21(36-26-16-35-28-25(32)15-34-29(26)28)14-24-17(2)13-23(30)27(31-24)20-7-5-18(6-8-20)19-9-11-22(12-10-19)37(3)33/h5-14,25-26,28-29,32H,4,15-16H2,1-3H3/b21-14+/t25-,26-,28-,29-,37?/m1/s1. The molecule has 3 heterocycles. The van der Waals surface area contributed by atoms with E-state index >= 15 is 0 Å². The predicted molar refractivity (Wildman–Crippen MR) is 141 cm³/mol. The number of allylic oxidation sites excluding steroid dienone is 1. The van der Waals surface area contributed by atoms with Gasteiger partial charge in [-0.15, -0.1) is 0 Å². The molecule has 6 nitrogen and oxygen atoms in total. The van der Waals surface area contributed by atoms with E-state index in [9.17, 15) is 13.7 Å². The van der Waals surface area contributed by atoms with Crippen LogP contribution < -0.4 is 0 Å². The Morgan fingerprint density at radius 3 is 2.35 bits per heavy atom. The highest BCUT2D eigenvalue weighted by Gasteiger charge is 2.48. The largest absolute Gasteiger partial charge is 0.489 e. The van der Waals surface area contributed by atoms with Crippen molar-refractivity contribution in [3.63, 3.8) is 0 Å². The molecule has 0 aliphatic carbocycles. The average Bonchev–Trinajstić information content (AvgIpc) is 3.48. The molecular weight excluding hydrogens is 493 g/mol. The lowest BCUT2D eigenvalue weighted by atomic mass is 10.0. The molecule has 1 unspecified atom stereocenters. The van der Waals surface area contributed by atoms with Crippen LogP contribution in [0.15, 0.2) is 65.3 Å². The summed E-state index contributed by atoms with van der Waals surface area (Å²) in [5.74, 6) is 0.302. The van der Waals surface area contributed by atoms with Crippen LogP contribution in [0.1, 0.15) is 24.6 Å². The molecule has 0 radical (unpaired) electrons. The second kappa shape index (κ2) is 10.8. The number of benzene rings is 2. The van der Waals surface area contributed by atoms with Gasteiger partial charge >= 0.3 is 0 Å². The number of nitrogens with zero attached hydrogens (tertiary/aromatic N) is 1. The molecule has 194 valence electrons. The van der Waals surface area contributed by atoms with Crippen LogP contribution in [0.4, 0.5) is 4.39 Å². The summed E-state index contributed by atoms with van der Waals surface area (Å²) in [6, 6.07) is 16.6. The summed E-state index contributed by atoms with van der Waals surface area (Å²) in [4.78, 5) is 5.42. The summed E-state index contributed by atoms with van der Waals surface area (Å²) >= 11 is 0. The maximum atomic E-state index is 15.0. The van der Waals surface area contributed by atoms with Crippen molar-refractivity contribution >= 4 is 16.9 Å². The number of hydrogen-bond acceptors (Lipinski definition) is 6. The SMILES string of the molecule is CC/C(=C\c1nc(-c2ccc(-c3ccc(S(C)=O)cc3)cc2)c(F)cc1C)O[C@@H]1CO[C@H]2[C@@H]1OC[C@H]2O. The van der Waals surface area contributed by atoms with E-state index in [1.165, 1.54) is 6.07 Å². The van der Waals surface area contributed by atoms with Gasteiger partial charge in [0.1, 0.15) is 29.8 Å². The molecule has 0 spiro atoms. The number of halogens is 1. The van der Waals surface area contributed by atoms with Crippen LogP contribution in [0.3, 0.4) is 0 Å². The molecule has 5 rings (SSSR count). The molecule has 2 aromatic carbocycles. The third kappa shape index (κ3) is 5.38. The molecule has 2 fully saturated rings. The molecule has 2 aliphatic rings. The highest BCUT2D eigenvalue weighted by Crippen LogP contribution is 2.32. The first kappa shape index (κ1) is 25.7. The van der Waals surface area contributed by atoms with Crippen molar-refractivity contribution in [1.29, 1.82) is 0 Å². The van der Waals surface area contributed by atoms with Crippen molar-refractivity contribution in [1.82, 2.24) is 4.98 Å². The zero-order valence-corrected chi connectivity index (χ0v) is 21.8. The van der Waals surface area contributed by atoms with E-state index < -0.39 is 22.7 Å². The first-order chi connectivity index (χ1) is 17.8. The van der Waals surface area contributed by atoms with Crippen LogP contribution in [0.25, 0.3) is 28.5 Å². The minimum atomic E-state index is -1.02. The van der Waals surface area contributed by atoms with Crippen molar-refractivity contribution in [2.45, 2.75) is 49.6 Å². The van der Waals surface area contributed by atoms with E-state index in [-0.39, 0.29) is 30.6 Å².